The summed E-state index contributed by atoms with van der Waals surface area (Å²) < 4.78 is 15.2. The molecule has 4 heteroatoms. The summed E-state index contributed by atoms with van der Waals surface area (Å²) in [5, 5.41) is 8.91. The van der Waals surface area contributed by atoms with Gasteiger partial charge >= 0.3 is 0 Å². The van der Waals surface area contributed by atoms with Crippen molar-refractivity contribution in [1.82, 2.24) is 0 Å². The van der Waals surface area contributed by atoms with Crippen molar-refractivity contribution in [2.45, 2.75) is 25.2 Å². The molecule has 0 fully saturated rings. The Kier molecular flexibility index (Phi) is 6.28. The molecule has 0 aromatic heterocycles. The molecule has 3 atom stereocenters. The Labute approximate surface area is 73.4 Å². The Morgan fingerprint density at radius 3 is 1.92 bits per heavy atom. The maximum atomic E-state index is 8.91. The van der Waals surface area contributed by atoms with Crippen LogP contribution in [0.2, 0.25) is 0 Å². The number of aliphatic hydroxyl groups is 1. The van der Waals surface area contributed by atoms with E-state index in [9.17, 15) is 0 Å². The van der Waals surface area contributed by atoms with Gasteiger partial charge in [0.1, 0.15) is 12.2 Å². The molecule has 0 saturated heterocycles. The Balaban J connectivity index is 4.09. The van der Waals surface area contributed by atoms with Crippen LogP contribution in [0.3, 0.4) is 0 Å². The first-order valence-electron chi connectivity index (χ1n) is 3.90. The van der Waals surface area contributed by atoms with Crippen molar-refractivity contribution in [2.24, 2.45) is 0 Å². The van der Waals surface area contributed by atoms with Crippen LogP contribution in [0.1, 0.15) is 6.92 Å². The fourth-order valence-electron chi connectivity index (χ4n) is 1.09. The van der Waals surface area contributed by atoms with Crippen molar-refractivity contribution >= 4 is 0 Å². The third-order valence-corrected chi connectivity index (χ3v) is 1.96. The van der Waals surface area contributed by atoms with Gasteiger partial charge in [0.05, 0.1) is 12.7 Å². The van der Waals surface area contributed by atoms with Crippen LogP contribution in [0.5, 0.6) is 0 Å². The quantitative estimate of drug-likeness (QED) is 0.624. The van der Waals surface area contributed by atoms with Crippen LogP contribution >= 0.6 is 0 Å². The van der Waals surface area contributed by atoms with E-state index in [0.717, 1.165) is 0 Å². The highest BCUT2D eigenvalue weighted by molar-refractivity contribution is 4.75. The first kappa shape index (κ1) is 11.8. The summed E-state index contributed by atoms with van der Waals surface area (Å²) in [6.45, 7) is 1.80. The van der Waals surface area contributed by atoms with Crippen molar-refractivity contribution in [1.29, 1.82) is 0 Å². The normalized spacial score (nSPS) is 18.8. The first-order valence-corrected chi connectivity index (χ1v) is 3.90. The van der Waals surface area contributed by atoms with Gasteiger partial charge in [-0.3, -0.25) is 0 Å². The van der Waals surface area contributed by atoms with Gasteiger partial charge in [0.2, 0.25) is 0 Å². The molecule has 0 bridgehead atoms. The van der Waals surface area contributed by atoms with Crippen LogP contribution < -0.4 is 0 Å². The number of rotatable bonds is 6. The summed E-state index contributed by atoms with van der Waals surface area (Å²) in [5.41, 5.74) is 0. The molecule has 0 aromatic rings. The second-order valence-corrected chi connectivity index (χ2v) is 2.60. The highest BCUT2D eigenvalue weighted by Crippen LogP contribution is 2.09. The molecule has 0 aliphatic heterocycles. The van der Waals surface area contributed by atoms with Crippen LogP contribution in [0.25, 0.3) is 0 Å². The largest absolute Gasteiger partial charge is 0.394 e. The maximum absolute atomic E-state index is 8.91. The molecule has 0 aliphatic rings. The maximum Gasteiger partial charge on any atom is 0.111 e. The van der Waals surface area contributed by atoms with Crippen LogP contribution in [-0.2, 0) is 14.2 Å². The summed E-state index contributed by atoms with van der Waals surface area (Å²) in [6.07, 6.45) is -0.651. The summed E-state index contributed by atoms with van der Waals surface area (Å²) >= 11 is 0. The van der Waals surface area contributed by atoms with Crippen molar-refractivity contribution in [2.75, 3.05) is 27.9 Å². The van der Waals surface area contributed by atoms with Gasteiger partial charge in [-0.15, -0.1) is 0 Å². The van der Waals surface area contributed by atoms with E-state index in [-0.39, 0.29) is 24.9 Å². The topological polar surface area (TPSA) is 47.9 Å². The van der Waals surface area contributed by atoms with Crippen molar-refractivity contribution < 1.29 is 19.3 Å². The molecule has 0 heterocycles. The second-order valence-electron chi connectivity index (χ2n) is 2.60. The minimum atomic E-state index is -0.329. The molecular formula is C8H18O4. The minimum absolute atomic E-state index is 0.0668. The van der Waals surface area contributed by atoms with Gasteiger partial charge in [-0.25, -0.2) is 0 Å². The van der Waals surface area contributed by atoms with Crippen molar-refractivity contribution in [3.05, 3.63) is 0 Å². The number of ether oxygens (including phenoxy) is 3. The lowest BCUT2D eigenvalue weighted by molar-refractivity contribution is -0.114. The number of aliphatic hydroxyl groups excluding tert-OH is 1. The smallest absolute Gasteiger partial charge is 0.111 e. The molecule has 0 aliphatic carbocycles. The lowest BCUT2D eigenvalue weighted by atomic mass is 10.1. The van der Waals surface area contributed by atoms with E-state index >= 15 is 0 Å². The van der Waals surface area contributed by atoms with Gasteiger partial charge in [0.15, 0.2) is 0 Å². The van der Waals surface area contributed by atoms with Gasteiger partial charge in [-0.1, -0.05) is 0 Å². The van der Waals surface area contributed by atoms with E-state index in [0.29, 0.717) is 0 Å². The van der Waals surface area contributed by atoms with Crippen molar-refractivity contribution in [3.8, 4) is 0 Å². The molecule has 0 amide bonds. The predicted octanol–water partition coefficient (Wildman–Crippen LogP) is 0.0436. The summed E-state index contributed by atoms with van der Waals surface area (Å²) in [5.74, 6) is 0. The third-order valence-electron chi connectivity index (χ3n) is 1.96. The molecule has 0 aromatic carbocycles. The van der Waals surface area contributed by atoms with E-state index in [1.54, 1.807) is 14.2 Å². The van der Waals surface area contributed by atoms with Crippen LogP contribution in [0.4, 0.5) is 0 Å². The van der Waals surface area contributed by atoms with Gasteiger partial charge in [0.25, 0.3) is 0 Å². The number of methoxy groups -OCH3 is 3. The Hall–Kier alpha value is -0.160. The summed E-state index contributed by atoms with van der Waals surface area (Å²) in [4.78, 5) is 0. The Morgan fingerprint density at radius 2 is 1.67 bits per heavy atom. The monoisotopic (exact) mass is 178 g/mol. The SMILES string of the molecule is CO[C@@H]([C@H](CO)OC)[C@@H](C)OC. The first-order chi connectivity index (χ1) is 5.71. The highest BCUT2D eigenvalue weighted by atomic mass is 16.6. The molecule has 4 nitrogen and oxygen atoms in total. The van der Waals surface area contributed by atoms with Crippen LogP contribution in [0, 0.1) is 0 Å². The Morgan fingerprint density at radius 1 is 1.08 bits per heavy atom. The van der Waals surface area contributed by atoms with Gasteiger partial charge < -0.3 is 19.3 Å². The molecular weight excluding hydrogens is 160 g/mol. The van der Waals surface area contributed by atoms with Gasteiger partial charge in [-0.05, 0) is 6.92 Å². The van der Waals surface area contributed by atoms with Gasteiger partial charge in [-0.2, -0.15) is 0 Å². The lowest BCUT2D eigenvalue weighted by Gasteiger charge is -2.27. The molecule has 12 heavy (non-hydrogen) atoms. The van der Waals surface area contributed by atoms with Crippen LogP contribution in [-0.4, -0.2) is 51.4 Å². The molecule has 1 N–H and O–H groups in total. The van der Waals surface area contributed by atoms with E-state index < -0.39 is 0 Å². The molecule has 0 spiro atoms. The molecule has 74 valence electrons. The highest BCUT2D eigenvalue weighted by Gasteiger charge is 2.25. The average molecular weight is 178 g/mol. The third kappa shape index (κ3) is 3.06. The lowest BCUT2D eigenvalue weighted by Crippen LogP contribution is -2.41. The fraction of sp³-hybridized carbons (Fsp3) is 1.00. The zero-order valence-electron chi connectivity index (χ0n) is 8.11. The van der Waals surface area contributed by atoms with Crippen molar-refractivity contribution in [3.63, 3.8) is 0 Å². The zero-order valence-corrected chi connectivity index (χ0v) is 8.11. The second kappa shape index (κ2) is 6.37. The molecule has 0 radical (unpaired) electrons. The van der Waals surface area contributed by atoms with E-state index in [4.69, 9.17) is 19.3 Å². The van der Waals surface area contributed by atoms with Gasteiger partial charge in [0, 0.05) is 21.3 Å². The predicted molar refractivity (Wildman–Crippen MR) is 45.2 cm³/mol. The van der Waals surface area contributed by atoms with E-state index in [1.165, 1.54) is 7.11 Å². The molecule has 0 saturated carbocycles. The van der Waals surface area contributed by atoms with E-state index in [2.05, 4.69) is 0 Å². The Bertz CT molecular complexity index is 103. The standard InChI is InChI=1S/C8H18O4/c1-6(10-2)8(12-4)7(5-9)11-3/h6-9H,5H2,1-4H3/t6-,7+,8-/m1/s1. The number of hydrogen-bond donors (Lipinski definition) is 1. The zero-order chi connectivity index (χ0) is 9.56. The molecule has 0 rings (SSSR count). The van der Waals surface area contributed by atoms with Crippen LogP contribution in [0.15, 0.2) is 0 Å². The summed E-state index contributed by atoms with van der Waals surface area (Å²) in [7, 11) is 4.71. The minimum Gasteiger partial charge on any atom is -0.394 e. The number of hydrogen-bond acceptors (Lipinski definition) is 4. The summed E-state index contributed by atoms with van der Waals surface area (Å²) in [6, 6.07) is 0. The fourth-order valence-corrected chi connectivity index (χ4v) is 1.09. The molecule has 0 unspecified atom stereocenters. The average Bonchev–Trinajstić information content (AvgIpc) is 2.12. The van der Waals surface area contributed by atoms with E-state index in [1.807, 2.05) is 6.92 Å².